The molecule has 68 valence electrons. The van der Waals surface area contributed by atoms with E-state index >= 15 is 0 Å². The van der Waals surface area contributed by atoms with Crippen LogP contribution in [0.15, 0.2) is 0 Å². The van der Waals surface area contributed by atoms with E-state index < -0.39 is 0 Å². The molecule has 1 amide bonds. The molecule has 0 aliphatic heterocycles. The van der Waals surface area contributed by atoms with E-state index in [9.17, 15) is 4.79 Å². The van der Waals surface area contributed by atoms with E-state index in [4.69, 9.17) is 0 Å². The molecule has 0 aliphatic rings. The van der Waals surface area contributed by atoms with Crippen LogP contribution < -0.4 is 0 Å². The second-order valence-corrected chi connectivity index (χ2v) is 2.17. The van der Waals surface area contributed by atoms with E-state index in [1.165, 1.54) is 12.2 Å². The van der Waals surface area contributed by atoms with Crippen molar-refractivity contribution in [3.63, 3.8) is 0 Å². The van der Waals surface area contributed by atoms with Crippen molar-refractivity contribution in [2.75, 3.05) is 14.2 Å². The first-order valence-corrected chi connectivity index (χ1v) is 3.91. The predicted molar refractivity (Wildman–Crippen MR) is 46.0 cm³/mol. The molecule has 0 saturated carbocycles. The zero-order chi connectivity index (χ0) is 9.44. The fourth-order valence-corrected chi connectivity index (χ4v) is 0.454. The lowest BCUT2D eigenvalue weighted by Gasteiger charge is -2.15. The molecule has 0 aromatic carbocycles. The first-order chi connectivity index (χ1) is 5.09. The Balaban J connectivity index is 0. The maximum Gasteiger partial charge on any atom is 0.248 e. The molecule has 0 atom stereocenters. The van der Waals surface area contributed by atoms with Crippen LogP contribution in [0.4, 0.5) is 0 Å². The molecule has 3 nitrogen and oxygen atoms in total. The minimum atomic E-state index is -0.00231. The van der Waals surface area contributed by atoms with Crippen LogP contribution in [0.5, 0.6) is 0 Å². The summed E-state index contributed by atoms with van der Waals surface area (Å²) >= 11 is 0. The fourth-order valence-electron chi connectivity index (χ4n) is 0.454. The Labute approximate surface area is 69.3 Å². The van der Waals surface area contributed by atoms with Gasteiger partial charge in [-0.2, -0.15) is 0 Å². The standard InChI is InChI=1S/C6H13NO2.C2H6/c1-5(2)6(8)7(3)9-4;1-2/h5H,1-4H3;1-2H3. The molecule has 3 heteroatoms. The predicted octanol–water partition coefficient (Wildman–Crippen LogP) is 1.69. The highest BCUT2D eigenvalue weighted by molar-refractivity contribution is 5.76. The number of amides is 1. The van der Waals surface area contributed by atoms with Crippen LogP contribution in [-0.4, -0.2) is 25.1 Å². The summed E-state index contributed by atoms with van der Waals surface area (Å²) < 4.78 is 0. The zero-order valence-electron chi connectivity index (χ0n) is 8.34. The average molecular weight is 161 g/mol. The summed E-state index contributed by atoms with van der Waals surface area (Å²) in [5.74, 6) is 0.00690. The summed E-state index contributed by atoms with van der Waals surface area (Å²) in [6.45, 7) is 7.66. The third kappa shape index (κ3) is 5.85. The quantitative estimate of drug-likeness (QED) is 0.577. The van der Waals surface area contributed by atoms with Crippen molar-refractivity contribution in [3.05, 3.63) is 0 Å². The van der Waals surface area contributed by atoms with Gasteiger partial charge in [-0.1, -0.05) is 27.7 Å². The van der Waals surface area contributed by atoms with Crippen LogP contribution in [0.2, 0.25) is 0 Å². The van der Waals surface area contributed by atoms with Gasteiger partial charge < -0.3 is 0 Å². The van der Waals surface area contributed by atoms with Crippen LogP contribution in [0.1, 0.15) is 27.7 Å². The minimum Gasteiger partial charge on any atom is -0.275 e. The zero-order valence-corrected chi connectivity index (χ0v) is 8.34. The van der Waals surface area contributed by atoms with E-state index in [0.29, 0.717) is 0 Å². The molecular formula is C8H19NO2. The van der Waals surface area contributed by atoms with Gasteiger partial charge in [-0.3, -0.25) is 9.63 Å². The van der Waals surface area contributed by atoms with Gasteiger partial charge in [0.25, 0.3) is 0 Å². The van der Waals surface area contributed by atoms with Gasteiger partial charge >= 0.3 is 0 Å². The normalized spacial score (nSPS) is 8.64. The van der Waals surface area contributed by atoms with Crippen LogP contribution in [0.3, 0.4) is 0 Å². The van der Waals surface area contributed by atoms with E-state index in [1.807, 2.05) is 27.7 Å². The Kier molecular flexibility index (Phi) is 8.94. The third-order valence-corrected chi connectivity index (χ3v) is 1.08. The van der Waals surface area contributed by atoms with Crippen LogP contribution in [0, 0.1) is 5.92 Å². The van der Waals surface area contributed by atoms with Crippen molar-refractivity contribution >= 4 is 5.91 Å². The summed E-state index contributed by atoms with van der Waals surface area (Å²) in [5.41, 5.74) is 0. The van der Waals surface area contributed by atoms with Crippen LogP contribution in [-0.2, 0) is 9.63 Å². The Bertz CT molecular complexity index is 102. The summed E-state index contributed by atoms with van der Waals surface area (Å²) in [7, 11) is 3.07. The number of rotatable bonds is 2. The van der Waals surface area contributed by atoms with Crippen molar-refractivity contribution in [2.45, 2.75) is 27.7 Å². The Hall–Kier alpha value is -0.570. The largest absolute Gasteiger partial charge is 0.275 e. The molecule has 0 aromatic rings. The van der Waals surface area contributed by atoms with Gasteiger partial charge in [-0.05, 0) is 0 Å². The maximum absolute atomic E-state index is 10.9. The van der Waals surface area contributed by atoms with Crippen molar-refractivity contribution in [1.82, 2.24) is 5.06 Å². The van der Waals surface area contributed by atoms with Gasteiger partial charge in [0.1, 0.15) is 0 Å². The molecule has 0 rings (SSSR count). The lowest BCUT2D eigenvalue weighted by atomic mass is 10.2. The number of nitrogens with zero attached hydrogens (tertiary/aromatic N) is 1. The van der Waals surface area contributed by atoms with Gasteiger partial charge in [0.15, 0.2) is 0 Å². The van der Waals surface area contributed by atoms with Crippen molar-refractivity contribution in [3.8, 4) is 0 Å². The Morgan fingerprint density at radius 1 is 1.36 bits per heavy atom. The molecular weight excluding hydrogens is 142 g/mol. The van der Waals surface area contributed by atoms with Crippen LogP contribution in [0.25, 0.3) is 0 Å². The molecule has 11 heavy (non-hydrogen) atoms. The highest BCUT2D eigenvalue weighted by atomic mass is 16.7. The Morgan fingerprint density at radius 3 is 1.82 bits per heavy atom. The average Bonchev–Trinajstić information content (AvgIpc) is 2.05. The summed E-state index contributed by atoms with van der Waals surface area (Å²) in [6, 6.07) is 0. The monoisotopic (exact) mass is 161 g/mol. The number of hydrogen-bond acceptors (Lipinski definition) is 2. The molecule has 0 bridgehead atoms. The number of carbonyl (C=O) groups is 1. The molecule has 0 spiro atoms. The molecule has 0 aromatic heterocycles. The van der Waals surface area contributed by atoms with Crippen molar-refractivity contribution in [1.29, 1.82) is 0 Å². The second kappa shape index (κ2) is 7.54. The summed E-state index contributed by atoms with van der Waals surface area (Å²) in [5, 5.41) is 1.23. The Morgan fingerprint density at radius 2 is 1.73 bits per heavy atom. The van der Waals surface area contributed by atoms with E-state index in [0.717, 1.165) is 0 Å². The summed E-state index contributed by atoms with van der Waals surface area (Å²) in [4.78, 5) is 15.5. The molecule has 0 saturated heterocycles. The third-order valence-electron chi connectivity index (χ3n) is 1.08. The summed E-state index contributed by atoms with van der Waals surface area (Å²) in [6.07, 6.45) is 0. The molecule has 0 N–H and O–H groups in total. The van der Waals surface area contributed by atoms with Crippen molar-refractivity contribution < 1.29 is 9.63 Å². The maximum atomic E-state index is 10.9. The second-order valence-electron chi connectivity index (χ2n) is 2.17. The topological polar surface area (TPSA) is 29.5 Å². The SMILES string of the molecule is CC.CON(C)C(=O)C(C)C. The lowest BCUT2D eigenvalue weighted by Crippen LogP contribution is -2.29. The fraction of sp³-hybridized carbons (Fsp3) is 0.875. The highest BCUT2D eigenvalue weighted by Gasteiger charge is 2.10. The number of hydrogen-bond donors (Lipinski definition) is 0. The van der Waals surface area contributed by atoms with Gasteiger partial charge in [0, 0.05) is 13.0 Å². The lowest BCUT2D eigenvalue weighted by molar-refractivity contribution is -0.172. The van der Waals surface area contributed by atoms with E-state index in [2.05, 4.69) is 4.84 Å². The smallest absolute Gasteiger partial charge is 0.248 e. The van der Waals surface area contributed by atoms with Gasteiger partial charge in [0.05, 0.1) is 7.11 Å². The number of hydroxylamine groups is 2. The number of carbonyl (C=O) groups excluding carboxylic acids is 1. The van der Waals surface area contributed by atoms with Gasteiger partial charge in [0.2, 0.25) is 5.91 Å². The van der Waals surface area contributed by atoms with Gasteiger partial charge in [-0.25, -0.2) is 5.06 Å². The van der Waals surface area contributed by atoms with E-state index in [1.54, 1.807) is 7.05 Å². The van der Waals surface area contributed by atoms with Crippen molar-refractivity contribution in [2.24, 2.45) is 5.92 Å². The first-order valence-electron chi connectivity index (χ1n) is 3.91. The molecule has 0 aliphatic carbocycles. The highest BCUT2D eigenvalue weighted by Crippen LogP contribution is 1.97. The molecule has 0 unspecified atom stereocenters. The molecule has 0 heterocycles. The van der Waals surface area contributed by atoms with Gasteiger partial charge in [-0.15, -0.1) is 0 Å². The van der Waals surface area contributed by atoms with E-state index in [-0.39, 0.29) is 11.8 Å². The molecule has 0 fully saturated rings. The van der Waals surface area contributed by atoms with Crippen LogP contribution >= 0.6 is 0 Å². The molecule has 0 radical (unpaired) electrons. The first kappa shape index (κ1) is 13.1. The minimum absolute atomic E-state index is 0.00231.